The summed E-state index contributed by atoms with van der Waals surface area (Å²) in [5.74, 6) is 0. The first-order valence-corrected chi connectivity index (χ1v) is 5.49. The van der Waals surface area contributed by atoms with Crippen molar-refractivity contribution < 1.29 is 0 Å². The van der Waals surface area contributed by atoms with Gasteiger partial charge in [-0.15, -0.1) is 0 Å². The lowest BCUT2D eigenvalue weighted by molar-refractivity contribution is 0.345. The van der Waals surface area contributed by atoms with Crippen LogP contribution in [0.3, 0.4) is 0 Å². The molecule has 3 nitrogen and oxygen atoms in total. The Morgan fingerprint density at radius 1 is 1.23 bits per heavy atom. The second kappa shape index (κ2) is 2.98. The summed E-state index contributed by atoms with van der Waals surface area (Å²) in [6.07, 6.45) is 6.55. The molecule has 0 aromatic carbocycles. The fourth-order valence-electron chi connectivity index (χ4n) is 2.41. The van der Waals surface area contributed by atoms with Gasteiger partial charge in [0.15, 0.2) is 0 Å². The van der Waals surface area contributed by atoms with Crippen LogP contribution >= 0.6 is 0 Å². The summed E-state index contributed by atoms with van der Waals surface area (Å²) in [6, 6.07) is 1.41. The molecule has 1 N–H and O–H groups in total. The summed E-state index contributed by atoms with van der Waals surface area (Å²) >= 11 is 0. The molecule has 3 fully saturated rings. The quantitative estimate of drug-likeness (QED) is 0.639. The van der Waals surface area contributed by atoms with Gasteiger partial charge in [0.05, 0.1) is 5.71 Å². The van der Waals surface area contributed by atoms with Gasteiger partial charge in [0.2, 0.25) is 0 Å². The third-order valence-corrected chi connectivity index (χ3v) is 3.37. The van der Waals surface area contributed by atoms with E-state index in [-0.39, 0.29) is 0 Å². The van der Waals surface area contributed by atoms with Crippen LogP contribution in [0.2, 0.25) is 0 Å². The average molecular weight is 179 g/mol. The largest absolute Gasteiger partial charge is 0.307 e. The molecule has 72 valence electrons. The third-order valence-electron chi connectivity index (χ3n) is 3.37. The molecular formula is C10H17N3. The van der Waals surface area contributed by atoms with Crippen LogP contribution in [0, 0.1) is 0 Å². The standard InChI is InChI=1S/C10H17N3/c1-2-10-9(5-7-13(10)6-1)12-11-8-3-4-8/h8,10-11H,1-7H2/b12-9-. The van der Waals surface area contributed by atoms with Crippen molar-refractivity contribution in [2.24, 2.45) is 5.10 Å². The summed E-state index contributed by atoms with van der Waals surface area (Å²) in [5, 5.41) is 4.55. The van der Waals surface area contributed by atoms with E-state index in [9.17, 15) is 0 Å². The van der Waals surface area contributed by atoms with Crippen molar-refractivity contribution in [3.63, 3.8) is 0 Å². The molecule has 0 amide bonds. The summed E-state index contributed by atoms with van der Waals surface area (Å²) < 4.78 is 0. The van der Waals surface area contributed by atoms with Crippen molar-refractivity contribution >= 4 is 5.71 Å². The Balaban J connectivity index is 1.65. The van der Waals surface area contributed by atoms with E-state index in [0.717, 1.165) is 0 Å². The van der Waals surface area contributed by atoms with Gasteiger partial charge in [0.25, 0.3) is 0 Å². The molecule has 0 aromatic rings. The molecule has 0 bridgehead atoms. The van der Waals surface area contributed by atoms with Crippen LogP contribution in [-0.4, -0.2) is 35.8 Å². The van der Waals surface area contributed by atoms with Crippen LogP contribution in [0.15, 0.2) is 5.10 Å². The number of rotatable bonds is 2. The second-order valence-electron chi connectivity index (χ2n) is 4.45. The maximum Gasteiger partial charge on any atom is 0.0562 e. The van der Waals surface area contributed by atoms with Crippen molar-refractivity contribution in [2.75, 3.05) is 13.1 Å². The average Bonchev–Trinajstić information content (AvgIpc) is 2.72. The zero-order valence-corrected chi connectivity index (χ0v) is 8.00. The van der Waals surface area contributed by atoms with E-state index in [2.05, 4.69) is 15.4 Å². The number of hydrogen-bond donors (Lipinski definition) is 1. The van der Waals surface area contributed by atoms with E-state index < -0.39 is 0 Å². The van der Waals surface area contributed by atoms with E-state index >= 15 is 0 Å². The van der Waals surface area contributed by atoms with Crippen LogP contribution in [-0.2, 0) is 0 Å². The van der Waals surface area contributed by atoms with Crippen molar-refractivity contribution in [3.05, 3.63) is 0 Å². The smallest absolute Gasteiger partial charge is 0.0562 e. The van der Waals surface area contributed by atoms with E-state index in [1.165, 1.54) is 50.9 Å². The fourth-order valence-corrected chi connectivity index (χ4v) is 2.41. The topological polar surface area (TPSA) is 27.6 Å². The molecule has 1 atom stereocenters. The summed E-state index contributed by atoms with van der Waals surface area (Å²) in [5.41, 5.74) is 4.69. The molecule has 3 rings (SSSR count). The first kappa shape index (κ1) is 7.80. The van der Waals surface area contributed by atoms with E-state index in [1.54, 1.807) is 0 Å². The monoisotopic (exact) mass is 179 g/mol. The highest BCUT2D eigenvalue weighted by atomic mass is 15.3. The van der Waals surface area contributed by atoms with Crippen LogP contribution in [0.5, 0.6) is 0 Å². The Kier molecular flexibility index (Phi) is 1.79. The normalized spacial score (nSPS) is 36.9. The molecule has 3 aliphatic rings. The molecule has 0 aromatic heterocycles. The van der Waals surface area contributed by atoms with Crippen molar-refractivity contribution in [1.29, 1.82) is 0 Å². The van der Waals surface area contributed by atoms with Crippen molar-refractivity contribution in [2.45, 2.75) is 44.2 Å². The second-order valence-corrected chi connectivity index (χ2v) is 4.45. The molecule has 2 heterocycles. The number of hydrogen-bond acceptors (Lipinski definition) is 3. The van der Waals surface area contributed by atoms with Gasteiger partial charge < -0.3 is 5.43 Å². The summed E-state index contributed by atoms with van der Waals surface area (Å²) in [4.78, 5) is 2.58. The van der Waals surface area contributed by atoms with Gasteiger partial charge in [0, 0.05) is 25.0 Å². The predicted octanol–water partition coefficient (Wildman–Crippen LogP) is 0.962. The van der Waals surface area contributed by atoms with Crippen molar-refractivity contribution in [3.8, 4) is 0 Å². The van der Waals surface area contributed by atoms with Gasteiger partial charge in [-0.1, -0.05) is 0 Å². The maximum absolute atomic E-state index is 4.55. The van der Waals surface area contributed by atoms with Crippen LogP contribution in [0.25, 0.3) is 0 Å². The number of nitrogens with zero attached hydrogens (tertiary/aromatic N) is 2. The Labute approximate surface area is 79.2 Å². The van der Waals surface area contributed by atoms with Gasteiger partial charge in [0.1, 0.15) is 0 Å². The van der Waals surface area contributed by atoms with Crippen LogP contribution in [0.1, 0.15) is 32.1 Å². The van der Waals surface area contributed by atoms with E-state index in [0.29, 0.717) is 12.1 Å². The van der Waals surface area contributed by atoms with Gasteiger partial charge in [-0.2, -0.15) is 5.10 Å². The van der Waals surface area contributed by atoms with Crippen LogP contribution < -0.4 is 5.43 Å². The maximum atomic E-state index is 4.55. The summed E-state index contributed by atoms with van der Waals surface area (Å²) in [7, 11) is 0. The molecule has 0 radical (unpaired) electrons. The SMILES string of the molecule is C1CC2/C(=N\NC3CC3)CCN2C1. The van der Waals surface area contributed by atoms with Crippen LogP contribution in [0.4, 0.5) is 0 Å². The Morgan fingerprint density at radius 3 is 3.00 bits per heavy atom. The Hall–Kier alpha value is -0.570. The molecule has 13 heavy (non-hydrogen) atoms. The third kappa shape index (κ3) is 1.46. The number of hydrazone groups is 1. The molecule has 2 aliphatic heterocycles. The highest BCUT2D eigenvalue weighted by Crippen LogP contribution is 2.26. The first-order valence-electron chi connectivity index (χ1n) is 5.49. The van der Waals surface area contributed by atoms with Gasteiger partial charge in [-0.3, -0.25) is 4.90 Å². The minimum absolute atomic E-state index is 0.700. The minimum atomic E-state index is 0.700. The Morgan fingerprint density at radius 2 is 2.15 bits per heavy atom. The zero-order chi connectivity index (χ0) is 8.67. The van der Waals surface area contributed by atoms with Gasteiger partial charge >= 0.3 is 0 Å². The number of fused-ring (bicyclic) bond motifs is 1. The fraction of sp³-hybridized carbons (Fsp3) is 0.900. The lowest BCUT2D eigenvalue weighted by atomic mass is 10.1. The first-order chi connectivity index (χ1) is 6.43. The van der Waals surface area contributed by atoms with E-state index in [1.807, 2.05) is 0 Å². The number of nitrogens with one attached hydrogen (secondary N) is 1. The molecule has 1 saturated carbocycles. The highest BCUT2D eigenvalue weighted by molar-refractivity contribution is 5.91. The predicted molar refractivity (Wildman–Crippen MR) is 52.8 cm³/mol. The van der Waals surface area contributed by atoms with Gasteiger partial charge in [-0.25, -0.2) is 0 Å². The van der Waals surface area contributed by atoms with Crippen molar-refractivity contribution in [1.82, 2.24) is 10.3 Å². The molecule has 2 saturated heterocycles. The lowest BCUT2D eigenvalue weighted by Gasteiger charge is -2.13. The molecular weight excluding hydrogens is 162 g/mol. The van der Waals surface area contributed by atoms with E-state index in [4.69, 9.17) is 0 Å². The molecule has 3 heteroatoms. The highest BCUT2D eigenvalue weighted by Gasteiger charge is 2.34. The molecule has 1 unspecified atom stereocenters. The lowest BCUT2D eigenvalue weighted by Crippen LogP contribution is -2.27. The summed E-state index contributed by atoms with van der Waals surface area (Å²) in [6.45, 7) is 2.54. The molecule has 1 aliphatic carbocycles. The molecule has 0 spiro atoms. The minimum Gasteiger partial charge on any atom is -0.307 e. The Bertz CT molecular complexity index is 232. The zero-order valence-electron chi connectivity index (χ0n) is 8.00. The van der Waals surface area contributed by atoms with Gasteiger partial charge in [-0.05, 0) is 32.2 Å².